The molecule has 7 rings (SSSR count). The first kappa shape index (κ1) is 46.5. The first-order valence-electron chi connectivity index (χ1n) is 20.5. The molecule has 7 aromatic carbocycles. The maximum atomic E-state index is 12.8. The molecule has 14 nitrogen and oxygen atoms in total. The van der Waals surface area contributed by atoms with Crippen LogP contribution in [0.1, 0.15) is 76.0 Å². The van der Waals surface area contributed by atoms with Gasteiger partial charge in [-0.3, -0.25) is 28.8 Å². The van der Waals surface area contributed by atoms with Gasteiger partial charge < -0.3 is 36.2 Å². The van der Waals surface area contributed by atoms with E-state index >= 15 is 0 Å². The maximum Gasteiger partial charge on any atom is 0.283 e. The van der Waals surface area contributed by atoms with Crippen molar-refractivity contribution in [2.45, 2.75) is 13.8 Å². The first-order chi connectivity index (χ1) is 31.9. The summed E-state index contributed by atoms with van der Waals surface area (Å²) in [5.74, 6) is -0.0407. The van der Waals surface area contributed by atoms with Crippen LogP contribution < -0.4 is 41.6 Å². The van der Waals surface area contributed by atoms with Gasteiger partial charge in [0, 0.05) is 82.0 Å². The lowest BCUT2D eigenvalue weighted by Gasteiger charge is -2.11. The van der Waals surface area contributed by atoms with Crippen molar-refractivity contribution in [2.75, 3.05) is 40.7 Å². The van der Waals surface area contributed by atoms with Crippen molar-refractivity contribution in [3.05, 3.63) is 203 Å². The van der Waals surface area contributed by atoms with Gasteiger partial charge in [0.2, 0.25) is 0 Å². The number of anilines is 5. The van der Waals surface area contributed by atoms with E-state index in [9.17, 15) is 28.8 Å². The molecule has 0 heterocycles. The van der Waals surface area contributed by atoms with Gasteiger partial charge in [-0.05, 0) is 147 Å². The molecule has 0 radical (unpaired) electrons. The highest BCUT2D eigenvalue weighted by molar-refractivity contribution is 6.07. The summed E-state index contributed by atoms with van der Waals surface area (Å²) in [5, 5.41) is 14.5. The van der Waals surface area contributed by atoms with Crippen LogP contribution in [0.2, 0.25) is 0 Å². The molecule has 7 aromatic rings. The fourth-order valence-corrected chi connectivity index (χ4v) is 6.04. The van der Waals surface area contributed by atoms with Crippen molar-refractivity contribution in [2.24, 2.45) is 0 Å². The van der Waals surface area contributed by atoms with Crippen LogP contribution in [0.15, 0.2) is 170 Å². The number of hydroxylamine groups is 1. The zero-order chi connectivity index (χ0) is 47.0. The molecule has 0 aromatic heterocycles. The lowest BCUT2D eigenvalue weighted by atomic mass is 10.1. The lowest BCUT2D eigenvalue weighted by molar-refractivity contribution is 0.0758. The summed E-state index contributed by atoms with van der Waals surface area (Å²) in [4.78, 5) is 77.8. The summed E-state index contributed by atoms with van der Waals surface area (Å²) in [7, 11) is 3.66. The third-order valence-electron chi connectivity index (χ3n) is 9.79. The Labute approximate surface area is 381 Å². The topological polar surface area (TPSA) is 193 Å². The quantitative estimate of drug-likeness (QED) is 0.0426. The Kier molecular flexibility index (Phi) is 15.7. The normalized spacial score (nSPS) is 10.2. The number of Topliss-reactive ketones (excluding diaryl/α,β-unsaturated/α-hetero) is 2. The van der Waals surface area contributed by atoms with Crippen molar-refractivity contribution in [3.8, 4) is 17.2 Å². The molecule has 0 saturated carbocycles. The minimum Gasteiger partial charge on any atom is -0.457 e. The van der Waals surface area contributed by atoms with E-state index < -0.39 is 5.91 Å². The number of hydrogen-bond acceptors (Lipinski definition) is 10. The van der Waals surface area contributed by atoms with E-state index in [0.717, 1.165) is 17.1 Å². The molecule has 6 N–H and O–H groups in total. The zero-order valence-corrected chi connectivity index (χ0v) is 36.4. The number of rotatable bonds is 15. The van der Waals surface area contributed by atoms with Gasteiger partial charge in [-0.15, -0.1) is 0 Å². The summed E-state index contributed by atoms with van der Waals surface area (Å²) in [6.45, 7) is 2.95. The fourth-order valence-electron chi connectivity index (χ4n) is 6.04. The number of ketones is 2. The Balaban J connectivity index is 0.000000300. The summed E-state index contributed by atoms with van der Waals surface area (Å²) in [5.41, 5.74) is 9.03. The second-order valence-electron chi connectivity index (χ2n) is 14.5. The number of carbonyl (C=O) groups excluding carboxylic acids is 6. The second kappa shape index (κ2) is 22.4. The summed E-state index contributed by atoms with van der Waals surface area (Å²) >= 11 is 0. The third kappa shape index (κ3) is 13.2. The van der Waals surface area contributed by atoms with Crippen molar-refractivity contribution in [1.82, 2.24) is 5.48 Å². The maximum absolute atomic E-state index is 12.8. The third-order valence-corrected chi connectivity index (χ3v) is 9.79. The number of hydrogen-bond donors (Lipinski definition) is 6. The number of benzene rings is 7. The van der Waals surface area contributed by atoms with Crippen molar-refractivity contribution in [1.29, 1.82) is 0 Å². The Morgan fingerprint density at radius 3 is 1.03 bits per heavy atom. The van der Waals surface area contributed by atoms with Crippen LogP contribution in [0.5, 0.6) is 17.2 Å². The second-order valence-corrected chi connectivity index (χ2v) is 14.5. The van der Waals surface area contributed by atoms with E-state index in [1.54, 1.807) is 133 Å². The van der Waals surface area contributed by atoms with Crippen LogP contribution in [0.25, 0.3) is 0 Å². The van der Waals surface area contributed by atoms with E-state index in [2.05, 4.69) is 32.1 Å². The van der Waals surface area contributed by atoms with E-state index in [1.807, 2.05) is 50.5 Å². The van der Waals surface area contributed by atoms with Gasteiger partial charge in [0.1, 0.15) is 11.5 Å². The average Bonchev–Trinajstić information content (AvgIpc) is 3.34. The predicted molar refractivity (Wildman–Crippen MR) is 256 cm³/mol. The van der Waals surface area contributed by atoms with Crippen LogP contribution in [-0.2, 0) is 0 Å². The van der Waals surface area contributed by atoms with E-state index in [-0.39, 0.29) is 29.3 Å². The molecule has 0 spiro atoms. The van der Waals surface area contributed by atoms with Gasteiger partial charge in [0.05, 0.1) is 0 Å². The standard InChI is InChI=1S/C36H30N4O6.C16H16N2O2/c1-23(41)24-6-8-27(9-7-24)36(44)40-46-33-5-3-4-32(22-33)45-31-20-18-30(19-21-31)39-35(43)26-12-10-25(11-13-26)34(42)38-29-16-14-28(37-2)15-17-29;1-11(19)12-3-5-13(6-4-12)16(20)18-15-9-7-14(17-2)8-10-15/h3-22,37H,1-2H3,(H,38,42)(H,39,43)(H,40,44);3-10,17H,1-2H3,(H,18,20). The van der Waals surface area contributed by atoms with Crippen LogP contribution in [0, 0.1) is 0 Å². The molecule has 14 heteroatoms. The summed E-state index contributed by atoms with van der Waals surface area (Å²) in [6.07, 6.45) is 0. The van der Waals surface area contributed by atoms with Gasteiger partial charge in [-0.25, -0.2) is 0 Å². The Morgan fingerprint density at radius 1 is 0.348 bits per heavy atom. The SMILES string of the molecule is CNc1ccc(NC(=O)c2ccc(C(=O)Nc3ccc(Oc4cccc(ONC(=O)c5ccc(C(C)=O)cc5)c4)cc3)cc2)cc1.CNc1ccc(NC(=O)c2ccc(C(C)=O)cc2)cc1. The van der Waals surface area contributed by atoms with Crippen LogP contribution in [0.4, 0.5) is 28.4 Å². The van der Waals surface area contributed by atoms with Gasteiger partial charge >= 0.3 is 0 Å². The molecule has 0 bridgehead atoms. The molecule has 332 valence electrons. The monoisotopic (exact) mass is 882 g/mol. The number of amides is 4. The van der Waals surface area contributed by atoms with E-state index in [1.165, 1.54) is 13.8 Å². The fraction of sp³-hybridized carbons (Fsp3) is 0.0769. The Morgan fingerprint density at radius 2 is 0.667 bits per heavy atom. The van der Waals surface area contributed by atoms with E-state index in [0.29, 0.717) is 62.0 Å². The lowest BCUT2D eigenvalue weighted by Crippen LogP contribution is -2.26. The highest BCUT2D eigenvalue weighted by atomic mass is 16.7. The smallest absolute Gasteiger partial charge is 0.283 e. The van der Waals surface area contributed by atoms with Gasteiger partial charge in [0.15, 0.2) is 17.3 Å². The molecular formula is C52H46N6O8. The van der Waals surface area contributed by atoms with Crippen LogP contribution in [-0.4, -0.2) is 49.3 Å². The molecule has 0 saturated heterocycles. The molecule has 0 aliphatic heterocycles. The molecule has 0 aliphatic rings. The zero-order valence-electron chi connectivity index (χ0n) is 36.4. The van der Waals surface area contributed by atoms with Crippen molar-refractivity contribution in [3.63, 3.8) is 0 Å². The van der Waals surface area contributed by atoms with Gasteiger partial charge in [-0.1, -0.05) is 30.3 Å². The number of ether oxygens (including phenoxy) is 1. The largest absolute Gasteiger partial charge is 0.457 e. The number of carbonyl (C=O) groups is 6. The van der Waals surface area contributed by atoms with Gasteiger partial charge in [-0.2, -0.15) is 5.48 Å². The molecule has 0 atom stereocenters. The molecular weight excluding hydrogens is 837 g/mol. The van der Waals surface area contributed by atoms with Crippen molar-refractivity contribution >= 4 is 63.6 Å². The summed E-state index contributed by atoms with van der Waals surface area (Å²) in [6, 6.07) is 47.5. The molecule has 0 unspecified atom stereocenters. The predicted octanol–water partition coefficient (Wildman–Crippen LogP) is 10.1. The highest BCUT2D eigenvalue weighted by Gasteiger charge is 2.12. The van der Waals surface area contributed by atoms with E-state index in [4.69, 9.17) is 9.57 Å². The minimum atomic E-state index is -0.466. The Bertz CT molecular complexity index is 2810. The highest BCUT2D eigenvalue weighted by Crippen LogP contribution is 2.27. The Hall–Kier alpha value is -9.04. The molecule has 0 aliphatic carbocycles. The molecule has 66 heavy (non-hydrogen) atoms. The van der Waals surface area contributed by atoms with Crippen LogP contribution >= 0.6 is 0 Å². The van der Waals surface area contributed by atoms with Gasteiger partial charge in [0.25, 0.3) is 23.6 Å². The minimum absolute atomic E-state index is 0.0142. The summed E-state index contributed by atoms with van der Waals surface area (Å²) < 4.78 is 5.90. The number of nitrogens with one attached hydrogen (secondary N) is 6. The van der Waals surface area contributed by atoms with Crippen LogP contribution in [0.3, 0.4) is 0 Å². The first-order valence-corrected chi connectivity index (χ1v) is 20.5. The van der Waals surface area contributed by atoms with Crippen molar-refractivity contribution < 1.29 is 38.3 Å². The average molecular weight is 883 g/mol. The molecule has 4 amide bonds. The molecule has 0 fully saturated rings.